The molecule has 0 radical (unpaired) electrons. The normalized spacial score (nSPS) is 16.3. The number of nitrogens with one attached hydrogen (secondary N) is 1. The summed E-state index contributed by atoms with van der Waals surface area (Å²) in [5, 5.41) is 4.06. The van der Waals surface area contributed by atoms with Crippen molar-refractivity contribution in [3.63, 3.8) is 0 Å². The molecule has 3 rings (SSSR count). The number of anilines is 1. The van der Waals surface area contributed by atoms with Crippen LogP contribution in [0.1, 0.15) is 24.0 Å². The number of ether oxygens (including phenoxy) is 2. The van der Waals surface area contributed by atoms with Gasteiger partial charge in [-0.3, -0.25) is 0 Å². The molecule has 4 nitrogen and oxygen atoms in total. The van der Waals surface area contributed by atoms with Crippen LogP contribution in [0.2, 0.25) is 0 Å². The van der Waals surface area contributed by atoms with E-state index in [1.54, 1.807) is 7.11 Å². The first-order valence-electron chi connectivity index (χ1n) is 9.01. The summed E-state index contributed by atoms with van der Waals surface area (Å²) in [5.41, 5.74) is 3.46. The minimum absolute atomic E-state index is 0.246. The van der Waals surface area contributed by atoms with E-state index in [2.05, 4.69) is 41.4 Å². The number of hydrogen-bond acceptors (Lipinski definition) is 3. The predicted octanol–water partition coefficient (Wildman–Crippen LogP) is 4.38. The molecule has 1 aliphatic rings. The zero-order chi connectivity index (χ0) is 18.4. The maximum absolute atomic E-state index is 5.83. The number of rotatable bonds is 6. The van der Waals surface area contributed by atoms with Crippen molar-refractivity contribution in [2.24, 2.45) is 0 Å². The van der Waals surface area contributed by atoms with Gasteiger partial charge in [-0.25, -0.2) is 0 Å². The fraction of sp³-hybridized carbons (Fsp3) is 0.381. The number of nitrogens with zero attached hydrogens (tertiary/aromatic N) is 1. The van der Waals surface area contributed by atoms with Crippen LogP contribution in [0, 0.1) is 6.92 Å². The molecule has 1 saturated heterocycles. The second kappa shape index (κ2) is 9.01. The number of methoxy groups -OCH3 is 1. The first-order chi connectivity index (χ1) is 12.6. The van der Waals surface area contributed by atoms with E-state index in [0.29, 0.717) is 5.11 Å². The van der Waals surface area contributed by atoms with Crippen LogP contribution in [0.3, 0.4) is 0 Å². The smallest absolute Gasteiger partial charge is 0.173 e. The Morgan fingerprint density at radius 2 is 1.92 bits per heavy atom. The molecular formula is C21H26N2O2S. The zero-order valence-electron chi connectivity index (χ0n) is 15.4. The van der Waals surface area contributed by atoms with Crippen molar-refractivity contribution in [2.75, 3.05) is 25.6 Å². The van der Waals surface area contributed by atoms with Crippen molar-refractivity contribution in [1.29, 1.82) is 0 Å². The zero-order valence-corrected chi connectivity index (χ0v) is 16.2. The Morgan fingerprint density at radius 1 is 1.19 bits per heavy atom. The Balaban J connectivity index is 1.69. The van der Waals surface area contributed by atoms with Crippen molar-refractivity contribution >= 4 is 23.0 Å². The third-order valence-electron chi connectivity index (χ3n) is 4.57. The van der Waals surface area contributed by atoms with Gasteiger partial charge >= 0.3 is 0 Å². The maximum Gasteiger partial charge on any atom is 0.173 e. The van der Waals surface area contributed by atoms with Gasteiger partial charge in [-0.1, -0.05) is 29.8 Å². The largest absolute Gasteiger partial charge is 0.497 e. The lowest BCUT2D eigenvalue weighted by atomic mass is 10.1. The summed E-state index contributed by atoms with van der Waals surface area (Å²) in [5.74, 6) is 0.831. The van der Waals surface area contributed by atoms with Crippen molar-refractivity contribution in [1.82, 2.24) is 4.90 Å². The van der Waals surface area contributed by atoms with Gasteiger partial charge in [-0.05, 0) is 61.8 Å². The Kier molecular flexibility index (Phi) is 6.47. The van der Waals surface area contributed by atoms with Gasteiger partial charge in [-0.15, -0.1) is 0 Å². The molecule has 1 atom stereocenters. The van der Waals surface area contributed by atoms with Gasteiger partial charge in [0, 0.05) is 25.4 Å². The fourth-order valence-corrected chi connectivity index (χ4v) is 3.30. The van der Waals surface area contributed by atoms with Gasteiger partial charge in [0.1, 0.15) is 5.75 Å². The lowest BCUT2D eigenvalue weighted by Crippen LogP contribution is -2.39. The minimum atomic E-state index is 0.246. The molecule has 1 aliphatic heterocycles. The lowest BCUT2D eigenvalue weighted by molar-refractivity contribution is 0.0905. The van der Waals surface area contributed by atoms with Crippen molar-refractivity contribution in [2.45, 2.75) is 32.4 Å². The minimum Gasteiger partial charge on any atom is -0.497 e. The van der Waals surface area contributed by atoms with Gasteiger partial charge in [0.15, 0.2) is 5.11 Å². The van der Waals surface area contributed by atoms with Crippen LogP contribution in [0.15, 0.2) is 48.5 Å². The van der Waals surface area contributed by atoms with Gasteiger partial charge < -0.3 is 19.7 Å². The molecule has 138 valence electrons. The molecule has 0 saturated carbocycles. The van der Waals surface area contributed by atoms with Crippen molar-refractivity contribution in [3.05, 3.63) is 59.7 Å². The maximum atomic E-state index is 5.83. The summed E-state index contributed by atoms with van der Waals surface area (Å²) >= 11 is 5.71. The molecule has 1 N–H and O–H groups in total. The topological polar surface area (TPSA) is 33.7 Å². The fourth-order valence-electron chi connectivity index (χ4n) is 3.04. The van der Waals surface area contributed by atoms with E-state index in [4.69, 9.17) is 21.7 Å². The average Bonchev–Trinajstić information content (AvgIpc) is 3.17. The van der Waals surface area contributed by atoms with E-state index in [-0.39, 0.29) is 6.10 Å². The van der Waals surface area contributed by atoms with Gasteiger partial charge in [0.05, 0.1) is 13.2 Å². The standard InChI is InChI=1S/C21H26N2O2S/c1-16-5-7-17(8-6-16)14-23(15-20-4-3-13-25-20)21(26)22-18-9-11-19(24-2)12-10-18/h5-12,20H,3-4,13-15H2,1-2H3,(H,22,26). The molecule has 1 heterocycles. The van der Waals surface area contributed by atoms with Crippen LogP contribution in [-0.2, 0) is 11.3 Å². The van der Waals surface area contributed by atoms with Crippen LogP contribution >= 0.6 is 12.2 Å². The number of aryl methyl sites for hydroxylation is 1. The van der Waals surface area contributed by atoms with Crippen molar-refractivity contribution in [3.8, 4) is 5.75 Å². The Morgan fingerprint density at radius 3 is 2.54 bits per heavy atom. The molecule has 0 aromatic heterocycles. The molecule has 26 heavy (non-hydrogen) atoms. The van der Waals surface area contributed by atoms with E-state index in [1.165, 1.54) is 11.1 Å². The van der Waals surface area contributed by atoms with E-state index >= 15 is 0 Å². The second-order valence-corrected chi connectivity index (χ2v) is 7.05. The molecular weight excluding hydrogens is 344 g/mol. The first-order valence-corrected chi connectivity index (χ1v) is 9.42. The molecule has 2 aromatic carbocycles. The van der Waals surface area contributed by atoms with Gasteiger partial charge in [-0.2, -0.15) is 0 Å². The average molecular weight is 371 g/mol. The summed E-state index contributed by atoms with van der Waals surface area (Å²) in [6.45, 7) is 4.52. The summed E-state index contributed by atoms with van der Waals surface area (Å²) in [6.07, 6.45) is 2.47. The molecule has 0 amide bonds. The van der Waals surface area contributed by atoms with Crippen LogP contribution in [0.5, 0.6) is 5.75 Å². The highest BCUT2D eigenvalue weighted by Gasteiger charge is 2.21. The summed E-state index contributed by atoms with van der Waals surface area (Å²) < 4.78 is 11.0. The van der Waals surface area contributed by atoms with E-state index in [1.807, 2.05) is 24.3 Å². The number of benzene rings is 2. The van der Waals surface area contributed by atoms with E-state index in [0.717, 1.165) is 44.0 Å². The van der Waals surface area contributed by atoms with Crippen LogP contribution in [0.4, 0.5) is 5.69 Å². The Bertz CT molecular complexity index is 710. The highest BCUT2D eigenvalue weighted by Crippen LogP contribution is 2.19. The molecule has 1 unspecified atom stereocenters. The number of hydrogen-bond donors (Lipinski definition) is 1. The van der Waals surface area contributed by atoms with Crippen LogP contribution < -0.4 is 10.1 Å². The highest BCUT2D eigenvalue weighted by molar-refractivity contribution is 7.80. The molecule has 1 fully saturated rings. The molecule has 5 heteroatoms. The first kappa shape index (κ1) is 18.7. The number of thiocarbonyl (C=S) groups is 1. The predicted molar refractivity (Wildman–Crippen MR) is 110 cm³/mol. The third kappa shape index (κ3) is 5.19. The monoisotopic (exact) mass is 370 g/mol. The van der Waals surface area contributed by atoms with Crippen molar-refractivity contribution < 1.29 is 9.47 Å². The second-order valence-electron chi connectivity index (χ2n) is 6.66. The molecule has 0 bridgehead atoms. The quantitative estimate of drug-likeness (QED) is 0.763. The lowest BCUT2D eigenvalue weighted by Gasteiger charge is -2.28. The Hall–Kier alpha value is -2.11. The summed E-state index contributed by atoms with van der Waals surface area (Å²) in [4.78, 5) is 2.19. The van der Waals surface area contributed by atoms with E-state index in [9.17, 15) is 0 Å². The SMILES string of the molecule is COc1ccc(NC(=S)N(Cc2ccc(C)cc2)CC2CCCO2)cc1. The molecule has 2 aromatic rings. The third-order valence-corrected chi connectivity index (χ3v) is 4.93. The van der Waals surface area contributed by atoms with Gasteiger partial charge in [0.2, 0.25) is 0 Å². The highest BCUT2D eigenvalue weighted by atomic mass is 32.1. The summed E-state index contributed by atoms with van der Waals surface area (Å²) in [6, 6.07) is 16.4. The summed E-state index contributed by atoms with van der Waals surface area (Å²) in [7, 11) is 1.66. The molecule has 0 spiro atoms. The molecule has 0 aliphatic carbocycles. The van der Waals surface area contributed by atoms with Gasteiger partial charge in [0.25, 0.3) is 0 Å². The Labute approximate surface area is 161 Å². The van der Waals surface area contributed by atoms with E-state index < -0.39 is 0 Å². The van der Waals surface area contributed by atoms with Crippen LogP contribution in [-0.4, -0.2) is 36.4 Å². The van der Waals surface area contributed by atoms with Crippen LogP contribution in [0.25, 0.3) is 0 Å².